The molecule has 1 aromatic carbocycles. The Morgan fingerprint density at radius 3 is 2.56 bits per heavy atom. The van der Waals surface area contributed by atoms with Crippen LogP contribution in [0.5, 0.6) is 0 Å². The molecule has 0 atom stereocenters. The molecule has 2 rings (SSSR count). The van der Waals surface area contributed by atoms with E-state index >= 15 is 0 Å². The van der Waals surface area contributed by atoms with Crippen molar-refractivity contribution in [3.63, 3.8) is 0 Å². The van der Waals surface area contributed by atoms with Crippen LogP contribution in [0.2, 0.25) is 0 Å². The molecular formula is C17H23F2N3O3. The highest BCUT2D eigenvalue weighted by molar-refractivity contribution is 5.94. The first kappa shape index (κ1) is 19.1. The number of rotatable bonds is 5. The normalized spacial score (nSPS) is 15.7. The fourth-order valence-electron chi connectivity index (χ4n) is 2.69. The maximum absolute atomic E-state index is 13.8. The Kier molecular flexibility index (Phi) is 6.69. The second-order valence-electron chi connectivity index (χ2n) is 6.21. The number of benzene rings is 1. The molecule has 25 heavy (non-hydrogen) atoms. The summed E-state index contributed by atoms with van der Waals surface area (Å²) in [5.74, 6) is -2.22. The van der Waals surface area contributed by atoms with Crippen LogP contribution in [-0.2, 0) is 4.74 Å². The van der Waals surface area contributed by atoms with E-state index in [1.54, 1.807) is 0 Å². The number of hydrogen-bond donors (Lipinski definition) is 2. The van der Waals surface area contributed by atoms with E-state index in [-0.39, 0.29) is 5.69 Å². The Hall–Kier alpha value is -2.22. The number of carbonyl (C=O) groups excluding carboxylic acids is 2. The molecule has 0 spiro atoms. The molecule has 1 aromatic rings. The summed E-state index contributed by atoms with van der Waals surface area (Å²) in [6, 6.07) is 0.838. The number of piperidine rings is 1. The summed E-state index contributed by atoms with van der Waals surface area (Å²) in [5, 5.41) is 4.91. The molecule has 0 aliphatic carbocycles. The van der Waals surface area contributed by atoms with Crippen LogP contribution < -0.4 is 10.6 Å². The number of halogens is 2. The van der Waals surface area contributed by atoms with Gasteiger partial charge in [0.15, 0.2) is 0 Å². The minimum Gasteiger partial charge on any atom is -0.465 e. The van der Waals surface area contributed by atoms with Gasteiger partial charge in [0.2, 0.25) is 0 Å². The number of carbonyl (C=O) groups is 2. The molecule has 0 aromatic heterocycles. The Morgan fingerprint density at radius 1 is 1.24 bits per heavy atom. The molecule has 0 unspecified atom stereocenters. The molecule has 0 saturated carbocycles. The highest BCUT2D eigenvalue weighted by Crippen LogP contribution is 2.20. The maximum Gasteiger partial charge on any atom is 0.340 e. The van der Waals surface area contributed by atoms with Gasteiger partial charge in [-0.2, -0.15) is 0 Å². The van der Waals surface area contributed by atoms with Gasteiger partial charge in [-0.05, 0) is 37.9 Å². The number of anilines is 1. The van der Waals surface area contributed by atoms with Gasteiger partial charge in [-0.15, -0.1) is 0 Å². The summed E-state index contributed by atoms with van der Waals surface area (Å²) in [6.07, 6.45) is 2.28. The lowest BCUT2D eigenvalue weighted by molar-refractivity contribution is 0.0595. The van der Waals surface area contributed by atoms with Crippen molar-refractivity contribution < 1.29 is 23.1 Å². The zero-order valence-corrected chi connectivity index (χ0v) is 14.4. The number of ether oxygens (including phenoxy) is 1. The van der Waals surface area contributed by atoms with Crippen LogP contribution in [0.4, 0.5) is 19.3 Å². The summed E-state index contributed by atoms with van der Waals surface area (Å²) in [7, 11) is 1.09. The molecule has 1 aliphatic rings. The molecule has 0 bridgehead atoms. The minimum absolute atomic E-state index is 0.286. The SMILES string of the molecule is COC(=O)c1cc(NC(=O)NCCN2CCC(C)CC2)c(F)cc1F. The third-order valence-corrected chi connectivity index (χ3v) is 4.30. The Labute approximate surface area is 145 Å². The highest BCUT2D eigenvalue weighted by Gasteiger charge is 2.18. The summed E-state index contributed by atoms with van der Waals surface area (Å²) < 4.78 is 31.8. The van der Waals surface area contributed by atoms with Crippen molar-refractivity contribution in [1.82, 2.24) is 10.2 Å². The van der Waals surface area contributed by atoms with Gasteiger partial charge < -0.3 is 20.3 Å². The first-order valence-corrected chi connectivity index (χ1v) is 8.25. The third-order valence-electron chi connectivity index (χ3n) is 4.30. The molecule has 1 fully saturated rings. The number of amides is 2. The van der Waals surface area contributed by atoms with Gasteiger partial charge in [0.05, 0.1) is 18.4 Å². The second-order valence-corrected chi connectivity index (χ2v) is 6.21. The maximum atomic E-state index is 13.8. The van der Waals surface area contributed by atoms with E-state index in [4.69, 9.17) is 0 Å². The van der Waals surface area contributed by atoms with E-state index in [0.717, 1.165) is 45.0 Å². The van der Waals surface area contributed by atoms with Crippen molar-refractivity contribution in [3.05, 3.63) is 29.3 Å². The van der Waals surface area contributed by atoms with Gasteiger partial charge >= 0.3 is 12.0 Å². The lowest BCUT2D eigenvalue weighted by atomic mass is 9.99. The van der Waals surface area contributed by atoms with Gasteiger partial charge in [0.25, 0.3) is 0 Å². The first-order valence-electron chi connectivity index (χ1n) is 8.25. The lowest BCUT2D eigenvalue weighted by Gasteiger charge is -2.30. The Bertz CT molecular complexity index is 632. The van der Waals surface area contributed by atoms with Crippen LogP contribution in [0.25, 0.3) is 0 Å². The summed E-state index contributed by atoms with van der Waals surface area (Å²) in [4.78, 5) is 25.6. The van der Waals surface area contributed by atoms with Crippen molar-refractivity contribution in [2.24, 2.45) is 5.92 Å². The van der Waals surface area contributed by atoms with E-state index in [9.17, 15) is 18.4 Å². The predicted octanol–water partition coefficient (Wildman–Crippen LogP) is 2.60. The van der Waals surface area contributed by atoms with Crippen molar-refractivity contribution in [1.29, 1.82) is 0 Å². The number of likely N-dealkylation sites (tertiary alicyclic amines) is 1. The highest BCUT2D eigenvalue weighted by atomic mass is 19.1. The number of esters is 1. The number of hydrogen-bond acceptors (Lipinski definition) is 4. The van der Waals surface area contributed by atoms with Gasteiger partial charge in [0.1, 0.15) is 11.6 Å². The number of methoxy groups -OCH3 is 1. The number of urea groups is 1. The monoisotopic (exact) mass is 355 g/mol. The standard InChI is InChI=1S/C17H23F2N3O3/c1-11-3-6-22(7-4-11)8-5-20-17(24)21-15-9-12(16(23)25-2)13(18)10-14(15)19/h9-11H,3-8H2,1-2H3,(H2,20,21,24). The molecular weight excluding hydrogens is 332 g/mol. The van der Waals surface area contributed by atoms with Crippen LogP contribution in [0.15, 0.2) is 12.1 Å². The minimum atomic E-state index is -1.05. The van der Waals surface area contributed by atoms with E-state index in [2.05, 4.69) is 27.2 Å². The average molecular weight is 355 g/mol. The van der Waals surface area contributed by atoms with Crippen molar-refractivity contribution in [2.45, 2.75) is 19.8 Å². The van der Waals surface area contributed by atoms with Gasteiger partial charge in [0, 0.05) is 19.2 Å². The fourth-order valence-corrected chi connectivity index (χ4v) is 2.69. The number of nitrogens with zero attached hydrogens (tertiary/aromatic N) is 1. The van der Waals surface area contributed by atoms with Crippen LogP contribution >= 0.6 is 0 Å². The molecule has 2 amide bonds. The van der Waals surface area contributed by atoms with Gasteiger partial charge in [-0.3, -0.25) is 0 Å². The Morgan fingerprint density at radius 2 is 1.92 bits per heavy atom. The second kappa shape index (κ2) is 8.75. The summed E-state index contributed by atoms with van der Waals surface area (Å²) in [6.45, 7) is 5.34. The largest absolute Gasteiger partial charge is 0.465 e. The summed E-state index contributed by atoms with van der Waals surface area (Å²) in [5.41, 5.74) is -0.729. The Balaban J connectivity index is 1.86. The molecule has 8 heteroatoms. The number of nitrogens with one attached hydrogen (secondary N) is 2. The van der Waals surface area contributed by atoms with E-state index in [1.807, 2.05) is 0 Å². The van der Waals surface area contributed by atoms with Crippen LogP contribution in [0, 0.1) is 17.6 Å². The fraction of sp³-hybridized carbons (Fsp3) is 0.529. The van der Waals surface area contributed by atoms with E-state index < -0.39 is 29.2 Å². The van der Waals surface area contributed by atoms with Crippen molar-refractivity contribution in [2.75, 3.05) is 38.6 Å². The lowest BCUT2D eigenvalue weighted by Crippen LogP contribution is -2.40. The topological polar surface area (TPSA) is 70.7 Å². The average Bonchev–Trinajstić information content (AvgIpc) is 2.58. The van der Waals surface area contributed by atoms with Gasteiger partial charge in [-0.1, -0.05) is 6.92 Å². The molecule has 2 N–H and O–H groups in total. The van der Waals surface area contributed by atoms with Crippen molar-refractivity contribution in [3.8, 4) is 0 Å². The van der Waals surface area contributed by atoms with Crippen LogP contribution in [0.3, 0.4) is 0 Å². The van der Waals surface area contributed by atoms with E-state index in [0.29, 0.717) is 19.2 Å². The first-order chi connectivity index (χ1) is 11.9. The summed E-state index contributed by atoms with van der Waals surface area (Å²) >= 11 is 0. The van der Waals surface area contributed by atoms with Crippen LogP contribution in [-0.4, -0.2) is 50.2 Å². The zero-order valence-electron chi connectivity index (χ0n) is 14.4. The smallest absolute Gasteiger partial charge is 0.340 e. The van der Waals surface area contributed by atoms with Crippen molar-refractivity contribution >= 4 is 17.7 Å². The quantitative estimate of drug-likeness (QED) is 0.797. The molecule has 1 saturated heterocycles. The molecule has 1 heterocycles. The van der Waals surface area contributed by atoms with Crippen LogP contribution in [0.1, 0.15) is 30.1 Å². The predicted molar refractivity (Wildman–Crippen MR) is 89.6 cm³/mol. The van der Waals surface area contributed by atoms with Gasteiger partial charge in [-0.25, -0.2) is 18.4 Å². The molecule has 6 nitrogen and oxygen atoms in total. The molecule has 138 valence electrons. The molecule has 1 aliphatic heterocycles. The molecule has 0 radical (unpaired) electrons. The van der Waals surface area contributed by atoms with E-state index in [1.165, 1.54) is 0 Å². The third kappa shape index (κ3) is 5.38. The zero-order chi connectivity index (χ0) is 18.4.